The van der Waals surface area contributed by atoms with E-state index >= 15 is 0 Å². The lowest BCUT2D eigenvalue weighted by Crippen LogP contribution is -2.28. The Bertz CT molecular complexity index is 503. The van der Waals surface area contributed by atoms with Gasteiger partial charge >= 0.3 is 12.4 Å². The second kappa shape index (κ2) is 6.33. The Morgan fingerprint density at radius 3 is 1.90 bits per heavy atom. The summed E-state index contributed by atoms with van der Waals surface area (Å²) in [5, 5.41) is 4.70. The van der Waals surface area contributed by atoms with Crippen LogP contribution in [0.3, 0.4) is 0 Å². The molecular weight excluding hydrogens is 318 g/mol. The number of hydrogen-bond donors (Lipinski definition) is 2. The lowest BCUT2D eigenvalue weighted by Gasteiger charge is -2.15. The molecule has 0 aliphatic heterocycles. The Labute approximate surface area is 121 Å². The van der Waals surface area contributed by atoms with Crippen LogP contribution in [-0.2, 0) is 12.4 Å². The molecule has 1 rings (SSSR count). The summed E-state index contributed by atoms with van der Waals surface area (Å²) in [6.07, 6.45) is -8.36. The summed E-state index contributed by atoms with van der Waals surface area (Å²) in [4.78, 5) is 0. The molecule has 9 heteroatoms. The van der Waals surface area contributed by atoms with Crippen LogP contribution in [0, 0.1) is 0 Å². The molecule has 0 aromatic heterocycles. The first kappa shape index (κ1) is 17.3. The number of hydrogen-bond acceptors (Lipinski definition) is 1. The van der Waals surface area contributed by atoms with Crippen LogP contribution in [0.5, 0.6) is 0 Å². The van der Waals surface area contributed by atoms with Crippen molar-refractivity contribution >= 4 is 23.0 Å². The summed E-state index contributed by atoms with van der Waals surface area (Å²) in [7, 11) is 0. The number of thiocarbonyl (C=S) groups is 1. The van der Waals surface area contributed by atoms with Crippen LogP contribution in [0.15, 0.2) is 30.9 Å². The van der Waals surface area contributed by atoms with Crippen LogP contribution >= 0.6 is 12.2 Å². The molecule has 1 aromatic carbocycles. The first-order chi connectivity index (χ1) is 9.54. The number of benzene rings is 1. The van der Waals surface area contributed by atoms with E-state index in [2.05, 4.69) is 17.2 Å². The molecule has 0 heterocycles. The van der Waals surface area contributed by atoms with Crippen LogP contribution in [0.2, 0.25) is 0 Å². The second-order valence-electron chi connectivity index (χ2n) is 3.92. The van der Waals surface area contributed by atoms with Crippen molar-refractivity contribution in [1.82, 2.24) is 5.32 Å². The summed E-state index contributed by atoms with van der Waals surface area (Å²) in [5.74, 6) is 0. The molecule has 0 aliphatic carbocycles. The highest BCUT2D eigenvalue weighted by atomic mass is 32.1. The summed E-state index contributed by atoms with van der Waals surface area (Å²) >= 11 is 4.74. The molecule has 0 amide bonds. The van der Waals surface area contributed by atoms with Gasteiger partial charge in [0, 0.05) is 12.2 Å². The Balaban J connectivity index is 3.14. The zero-order chi connectivity index (χ0) is 16.3. The largest absolute Gasteiger partial charge is 0.416 e. The van der Waals surface area contributed by atoms with Crippen LogP contribution in [0.1, 0.15) is 11.1 Å². The fourth-order valence-corrected chi connectivity index (χ4v) is 1.57. The van der Waals surface area contributed by atoms with Gasteiger partial charge in [0.05, 0.1) is 11.1 Å². The number of halogens is 6. The highest BCUT2D eigenvalue weighted by Crippen LogP contribution is 2.37. The minimum absolute atomic E-state index is 0.0470. The Kier molecular flexibility index (Phi) is 5.21. The number of nitrogens with one attached hydrogen (secondary N) is 2. The minimum atomic E-state index is -4.89. The third kappa shape index (κ3) is 5.25. The highest BCUT2D eigenvalue weighted by Gasteiger charge is 2.36. The molecule has 0 saturated carbocycles. The van der Waals surface area contributed by atoms with Gasteiger partial charge in [0.15, 0.2) is 5.11 Å². The number of anilines is 1. The van der Waals surface area contributed by atoms with Gasteiger partial charge in [-0.05, 0) is 30.4 Å². The predicted octanol–water partition coefficient (Wildman–Crippen LogP) is 4.20. The maximum Gasteiger partial charge on any atom is 0.416 e. The highest BCUT2D eigenvalue weighted by molar-refractivity contribution is 7.80. The molecule has 0 unspecified atom stereocenters. The van der Waals surface area contributed by atoms with E-state index in [1.165, 1.54) is 6.08 Å². The maximum absolute atomic E-state index is 12.6. The van der Waals surface area contributed by atoms with Crippen molar-refractivity contribution in [3.05, 3.63) is 42.0 Å². The lowest BCUT2D eigenvalue weighted by molar-refractivity contribution is -0.143. The first-order valence-corrected chi connectivity index (χ1v) is 5.90. The topological polar surface area (TPSA) is 24.1 Å². The Hall–Kier alpha value is -1.77. The average Bonchev–Trinajstić information content (AvgIpc) is 2.34. The summed E-state index contributed by atoms with van der Waals surface area (Å²) in [5.41, 5.74) is -3.23. The fraction of sp³-hybridized carbons (Fsp3) is 0.250. The van der Waals surface area contributed by atoms with E-state index in [1.807, 2.05) is 0 Å². The van der Waals surface area contributed by atoms with Crippen molar-refractivity contribution in [1.29, 1.82) is 0 Å². The molecule has 2 nitrogen and oxygen atoms in total. The van der Waals surface area contributed by atoms with Crippen LogP contribution in [0.25, 0.3) is 0 Å². The molecule has 0 aliphatic rings. The van der Waals surface area contributed by atoms with Gasteiger partial charge in [0.2, 0.25) is 0 Å². The molecular formula is C12H10F6N2S. The molecule has 0 saturated heterocycles. The van der Waals surface area contributed by atoms with Crippen LogP contribution in [-0.4, -0.2) is 11.7 Å². The smallest absolute Gasteiger partial charge is 0.359 e. The average molecular weight is 328 g/mol. The molecule has 0 spiro atoms. The monoisotopic (exact) mass is 328 g/mol. The van der Waals surface area contributed by atoms with Crippen molar-refractivity contribution < 1.29 is 26.3 Å². The fourth-order valence-electron chi connectivity index (χ4n) is 1.37. The van der Waals surface area contributed by atoms with Gasteiger partial charge in [-0.15, -0.1) is 6.58 Å². The zero-order valence-electron chi connectivity index (χ0n) is 10.4. The van der Waals surface area contributed by atoms with Crippen LogP contribution in [0.4, 0.5) is 32.0 Å². The van der Waals surface area contributed by atoms with Gasteiger partial charge in [-0.1, -0.05) is 6.08 Å². The van der Waals surface area contributed by atoms with E-state index in [0.29, 0.717) is 12.1 Å². The third-order valence-corrected chi connectivity index (χ3v) is 2.50. The van der Waals surface area contributed by atoms with Gasteiger partial charge in [-0.25, -0.2) is 0 Å². The van der Waals surface area contributed by atoms with Gasteiger partial charge in [0.1, 0.15) is 0 Å². The SMILES string of the molecule is C=CCNC(=S)Nc1cc(C(F)(F)F)cc(C(F)(F)F)c1. The van der Waals surface area contributed by atoms with Crippen LogP contribution < -0.4 is 10.6 Å². The van der Waals surface area contributed by atoms with Gasteiger partial charge < -0.3 is 10.6 Å². The Morgan fingerprint density at radius 1 is 1.05 bits per heavy atom. The zero-order valence-corrected chi connectivity index (χ0v) is 11.2. The van der Waals surface area contributed by atoms with Crippen molar-refractivity contribution in [2.75, 3.05) is 11.9 Å². The predicted molar refractivity (Wildman–Crippen MR) is 70.9 cm³/mol. The maximum atomic E-state index is 12.6. The molecule has 0 bridgehead atoms. The van der Waals surface area contributed by atoms with Gasteiger partial charge in [-0.2, -0.15) is 26.3 Å². The second-order valence-corrected chi connectivity index (χ2v) is 4.33. The van der Waals surface area contributed by atoms with Gasteiger partial charge in [-0.3, -0.25) is 0 Å². The van der Waals surface area contributed by atoms with E-state index < -0.39 is 29.2 Å². The molecule has 1 aromatic rings. The molecule has 0 radical (unpaired) electrons. The molecule has 2 N–H and O–H groups in total. The standard InChI is InChI=1S/C12H10F6N2S/c1-2-3-19-10(21)20-9-5-7(11(13,14)15)4-8(6-9)12(16,17)18/h2,4-6H,1,3H2,(H2,19,20,21). The minimum Gasteiger partial charge on any atom is -0.359 e. The number of rotatable bonds is 3. The molecule has 116 valence electrons. The van der Waals surface area contributed by atoms with Crippen molar-refractivity contribution in [3.8, 4) is 0 Å². The van der Waals surface area contributed by atoms with E-state index in [0.717, 1.165) is 0 Å². The van der Waals surface area contributed by atoms with E-state index in [1.54, 1.807) is 0 Å². The lowest BCUT2D eigenvalue weighted by atomic mass is 10.1. The summed E-state index contributed by atoms with van der Waals surface area (Å²) in [6.45, 7) is 3.60. The van der Waals surface area contributed by atoms with Crippen molar-refractivity contribution in [2.24, 2.45) is 0 Å². The van der Waals surface area contributed by atoms with E-state index in [-0.39, 0.29) is 17.7 Å². The van der Waals surface area contributed by atoms with Gasteiger partial charge in [0.25, 0.3) is 0 Å². The molecule has 21 heavy (non-hydrogen) atoms. The third-order valence-electron chi connectivity index (χ3n) is 2.25. The van der Waals surface area contributed by atoms with E-state index in [4.69, 9.17) is 12.2 Å². The first-order valence-electron chi connectivity index (χ1n) is 5.49. The van der Waals surface area contributed by atoms with Crippen molar-refractivity contribution in [2.45, 2.75) is 12.4 Å². The summed E-state index contributed by atoms with van der Waals surface area (Å²) in [6, 6.07) is 1.15. The summed E-state index contributed by atoms with van der Waals surface area (Å²) < 4.78 is 75.7. The quantitative estimate of drug-likeness (QED) is 0.494. The van der Waals surface area contributed by atoms with E-state index in [9.17, 15) is 26.3 Å². The normalized spacial score (nSPS) is 11.9. The van der Waals surface area contributed by atoms with Crippen molar-refractivity contribution in [3.63, 3.8) is 0 Å². The number of alkyl halides is 6. The molecule has 0 atom stereocenters. The Morgan fingerprint density at radius 2 is 1.52 bits per heavy atom. The molecule has 0 fully saturated rings.